The van der Waals surface area contributed by atoms with Crippen LogP contribution in [-0.4, -0.2) is 52.2 Å². The summed E-state index contributed by atoms with van der Waals surface area (Å²) in [4.78, 5) is 4.52. The normalized spacial score (nSPS) is 18.2. The van der Waals surface area contributed by atoms with Crippen LogP contribution in [0.25, 0.3) is 0 Å². The lowest BCUT2D eigenvalue weighted by Gasteiger charge is -2.19. The number of aliphatic hydroxyl groups is 4. The average Bonchev–Trinajstić information content (AvgIpc) is 3.50. The van der Waals surface area contributed by atoms with Gasteiger partial charge in [-0.05, 0) is 63.1 Å². The Morgan fingerprint density at radius 1 is 1.20 bits per heavy atom. The zero-order valence-electron chi connectivity index (χ0n) is 21.2. The molecule has 2 heterocycles. The van der Waals surface area contributed by atoms with Crippen molar-refractivity contribution in [2.75, 3.05) is 19.8 Å². The molecule has 1 unspecified atom stereocenters. The van der Waals surface area contributed by atoms with Gasteiger partial charge in [0.05, 0.1) is 12.5 Å². The van der Waals surface area contributed by atoms with Crippen LogP contribution < -0.4 is 4.74 Å². The van der Waals surface area contributed by atoms with Crippen LogP contribution in [0.4, 0.5) is 0 Å². The number of hydrogen-bond acceptors (Lipinski definition) is 5. The highest BCUT2D eigenvalue weighted by Gasteiger charge is 2.27. The summed E-state index contributed by atoms with van der Waals surface area (Å²) in [5.74, 6) is 2.29. The monoisotopic (exact) mass is 484 g/mol. The minimum Gasteiger partial charge on any atom is -0.504 e. The lowest BCUT2D eigenvalue weighted by molar-refractivity contribution is -0.0550. The third kappa shape index (κ3) is 8.34. The summed E-state index contributed by atoms with van der Waals surface area (Å²) in [7, 11) is 0. The quantitative estimate of drug-likeness (QED) is 0.175. The predicted octanol–water partition coefficient (Wildman–Crippen LogP) is 4.99. The van der Waals surface area contributed by atoms with Crippen LogP contribution in [0.5, 0.6) is 11.5 Å². The molecule has 0 aromatic heterocycles. The third-order valence-electron chi connectivity index (χ3n) is 6.75. The molecule has 4 N–H and O–H groups in total. The molecule has 1 aromatic carbocycles. The van der Waals surface area contributed by atoms with Crippen molar-refractivity contribution < 1.29 is 24.8 Å². The summed E-state index contributed by atoms with van der Waals surface area (Å²) in [6.07, 6.45) is 15.7. The summed E-state index contributed by atoms with van der Waals surface area (Å²) < 4.78 is 10.7. The number of nitrogens with zero attached hydrogens (tertiary/aromatic N) is 1. The molecule has 0 aliphatic carbocycles. The summed E-state index contributed by atoms with van der Waals surface area (Å²) >= 11 is 0. The Balaban J connectivity index is 1.45. The standard InChI is InChI=1S/C29H41NO5/c1-3-4-8-28-24(20-32)18-26(35-28)11-9-22-10-12-27(33)29(16-22)34-15-13-25-17-23(19-30-25)21(2)7-5-6-14-31/h10,12,16-19,21,28,31-32,35H,3-9,11,13-15,20H2,1-2H3/p+1/t21-,28?/m1/s1. The van der Waals surface area contributed by atoms with Gasteiger partial charge in [-0.2, -0.15) is 0 Å². The van der Waals surface area contributed by atoms with Crippen LogP contribution in [0.3, 0.4) is 0 Å². The lowest BCUT2D eigenvalue weighted by Crippen LogP contribution is -2.17. The smallest absolute Gasteiger partial charge is 0.178 e. The zero-order valence-corrected chi connectivity index (χ0v) is 21.2. The molecule has 2 aliphatic heterocycles. The molecule has 0 spiro atoms. The second-order valence-corrected chi connectivity index (χ2v) is 9.57. The maximum atomic E-state index is 10.3. The van der Waals surface area contributed by atoms with E-state index in [4.69, 9.17) is 14.6 Å². The number of phenols is 1. The summed E-state index contributed by atoms with van der Waals surface area (Å²) in [6.45, 7) is 5.13. The van der Waals surface area contributed by atoms with Gasteiger partial charge in [-0.25, -0.2) is 0 Å². The number of unbranched alkanes of at least 4 members (excludes halogenated alkanes) is 2. The van der Waals surface area contributed by atoms with E-state index in [0.717, 1.165) is 74.3 Å². The number of aliphatic hydroxyl groups excluding tert-OH is 2. The van der Waals surface area contributed by atoms with Crippen LogP contribution in [-0.2, 0) is 6.42 Å². The van der Waals surface area contributed by atoms with Crippen molar-refractivity contribution in [3.63, 3.8) is 0 Å². The first kappa shape index (κ1) is 27.2. The largest absolute Gasteiger partial charge is 0.504 e. The van der Waals surface area contributed by atoms with E-state index in [9.17, 15) is 10.2 Å². The van der Waals surface area contributed by atoms with E-state index in [0.29, 0.717) is 24.7 Å². The highest BCUT2D eigenvalue weighted by molar-refractivity contribution is 5.82. The molecule has 192 valence electrons. The Morgan fingerprint density at radius 3 is 2.83 bits per heavy atom. The lowest BCUT2D eigenvalue weighted by atomic mass is 9.90. The molecule has 6 heteroatoms. The summed E-state index contributed by atoms with van der Waals surface area (Å²) in [6, 6.07) is 5.52. The Bertz CT molecular complexity index is 878. The first-order chi connectivity index (χ1) is 17.0. The fourth-order valence-corrected chi connectivity index (χ4v) is 4.49. The molecule has 1 aromatic rings. The van der Waals surface area contributed by atoms with Gasteiger partial charge in [0.2, 0.25) is 0 Å². The maximum Gasteiger partial charge on any atom is 0.178 e. The minimum absolute atomic E-state index is 0.0704. The van der Waals surface area contributed by atoms with E-state index >= 15 is 0 Å². The van der Waals surface area contributed by atoms with Gasteiger partial charge in [0.1, 0.15) is 30.9 Å². The second kappa shape index (κ2) is 14.2. The van der Waals surface area contributed by atoms with Crippen molar-refractivity contribution in [2.24, 2.45) is 10.9 Å². The number of aliphatic imine (C=N–C) groups is 1. The summed E-state index contributed by atoms with van der Waals surface area (Å²) in [5, 5.41) is 28.9. The van der Waals surface area contributed by atoms with Crippen molar-refractivity contribution in [3.8, 4) is 11.5 Å². The van der Waals surface area contributed by atoms with Gasteiger partial charge in [-0.3, -0.25) is 0 Å². The molecular formula is C29H42NO5+. The number of rotatable bonds is 16. The van der Waals surface area contributed by atoms with Crippen molar-refractivity contribution in [1.29, 1.82) is 0 Å². The Hall–Kier alpha value is -2.41. The SMILES string of the molecule is CCCCC1[OH+][C-](CCc2ccc(O)c(OCCC3=C[C+]([C@H](C)CCCCO)C=N3)c2)C=C1CO. The van der Waals surface area contributed by atoms with E-state index < -0.39 is 0 Å². The van der Waals surface area contributed by atoms with Crippen molar-refractivity contribution >= 4 is 6.21 Å². The molecule has 2 aliphatic rings. The van der Waals surface area contributed by atoms with Gasteiger partial charge in [-0.1, -0.05) is 19.4 Å². The molecule has 6 nitrogen and oxygen atoms in total. The van der Waals surface area contributed by atoms with Crippen LogP contribution >= 0.6 is 0 Å². The van der Waals surface area contributed by atoms with Crippen molar-refractivity contribution in [2.45, 2.75) is 77.7 Å². The number of aryl methyl sites for hydroxylation is 1. The molecule has 3 rings (SSSR count). The molecule has 0 saturated heterocycles. The Morgan fingerprint density at radius 2 is 2.06 bits per heavy atom. The number of benzene rings is 1. The molecule has 2 atom stereocenters. The van der Waals surface area contributed by atoms with Crippen molar-refractivity contribution in [1.82, 2.24) is 0 Å². The van der Waals surface area contributed by atoms with Crippen LogP contribution in [0.2, 0.25) is 0 Å². The first-order valence-corrected chi connectivity index (χ1v) is 13.1. The number of phenolic OH excluding ortho intramolecular Hbond substituents is 1. The van der Waals surface area contributed by atoms with Gasteiger partial charge < -0.3 is 24.8 Å². The van der Waals surface area contributed by atoms with Crippen LogP contribution in [0.1, 0.15) is 70.8 Å². The van der Waals surface area contributed by atoms with E-state index in [-0.39, 0.29) is 25.1 Å². The highest BCUT2D eigenvalue weighted by atomic mass is 16.5. The Kier molecular flexibility index (Phi) is 11.0. The fourth-order valence-electron chi connectivity index (χ4n) is 4.49. The highest BCUT2D eigenvalue weighted by Crippen LogP contribution is 2.32. The van der Waals surface area contributed by atoms with Gasteiger partial charge >= 0.3 is 0 Å². The second-order valence-electron chi connectivity index (χ2n) is 9.57. The van der Waals surface area contributed by atoms with Gasteiger partial charge in [-0.15, -0.1) is 16.6 Å². The molecule has 35 heavy (non-hydrogen) atoms. The van der Waals surface area contributed by atoms with Crippen LogP contribution in [0, 0.1) is 17.9 Å². The number of aromatic hydroxyl groups is 1. The molecular weight excluding hydrogens is 442 g/mol. The molecule has 0 saturated carbocycles. The first-order valence-electron chi connectivity index (χ1n) is 13.1. The topological polar surface area (TPSA) is 95.1 Å². The molecule has 0 amide bonds. The number of hydrogen-bond donors (Lipinski definition) is 3. The Labute approximate surface area is 210 Å². The molecule has 0 fully saturated rings. The minimum atomic E-state index is 0.0704. The van der Waals surface area contributed by atoms with E-state index in [1.807, 2.05) is 24.4 Å². The van der Waals surface area contributed by atoms with E-state index in [1.54, 1.807) is 6.07 Å². The zero-order chi connectivity index (χ0) is 25.0. The number of ether oxygens (including phenoxy) is 2. The maximum absolute atomic E-state index is 10.3. The molecule has 0 radical (unpaired) electrons. The van der Waals surface area contributed by atoms with Gasteiger partial charge in [0.25, 0.3) is 0 Å². The van der Waals surface area contributed by atoms with E-state index in [1.165, 1.54) is 5.92 Å². The van der Waals surface area contributed by atoms with Crippen LogP contribution in [0.15, 0.2) is 46.6 Å². The average molecular weight is 485 g/mol. The number of allylic oxidation sites excluding steroid dienone is 1. The van der Waals surface area contributed by atoms with E-state index in [2.05, 4.69) is 24.9 Å². The molecule has 0 bridgehead atoms. The summed E-state index contributed by atoms with van der Waals surface area (Å²) in [5.41, 5.74) is 3.10. The van der Waals surface area contributed by atoms with Crippen molar-refractivity contribution in [3.05, 3.63) is 59.2 Å². The van der Waals surface area contributed by atoms with Gasteiger partial charge in [0, 0.05) is 25.6 Å². The predicted molar refractivity (Wildman–Crippen MR) is 140 cm³/mol. The fraction of sp³-hybridized carbons (Fsp3) is 0.552. The van der Waals surface area contributed by atoms with Gasteiger partial charge in [0.15, 0.2) is 17.2 Å². The third-order valence-corrected chi connectivity index (χ3v) is 6.75.